The number of rotatable bonds is 6. The Balaban J connectivity index is 2.71. The number of aryl methyl sites for hydroxylation is 1. The first-order valence-electron chi connectivity index (χ1n) is 6.32. The van der Waals surface area contributed by atoms with Gasteiger partial charge < -0.3 is 20.3 Å². The Bertz CT molecular complexity index is 563. The van der Waals surface area contributed by atoms with E-state index in [0.717, 1.165) is 18.1 Å². The van der Waals surface area contributed by atoms with E-state index in [1.807, 2.05) is 19.1 Å². The monoisotopic (exact) mass is 293 g/mol. The predicted molar refractivity (Wildman–Crippen MR) is 78.0 cm³/mol. The molecule has 0 aliphatic carbocycles. The van der Waals surface area contributed by atoms with Crippen molar-refractivity contribution in [2.75, 3.05) is 13.7 Å². The molecule has 0 aliphatic heterocycles. The van der Waals surface area contributed by atoms with Gasteiger partial charge in [-0.2, -0.15) is 0 Å². The van der Waals surface area contributed by atoms with Crippen molar-refractivity contribution < 1.29 is 24.5 Å². The fourth-order valence-electron chi connectivity index (χ4n) is 1.54. The van der Waals surface area contributed by atoms with Gasteiger partial charge in [0, 0.05) is 11.6 Å². The molecule has 0 saturated carbocycles. The standard InChI is InChI=1S/C15H19NO5/c1-10-4-6-12(21-3)11(8-10)5-7-13(17)16-9-15(2,20)14(18)19/h4-8,20H,9H2,1-3H3,(H,16,17)(H,18,19). The molecule has 1 aromatic rings. The number of hydrogen-bond donors (Lipinski definition) is 3. The van der Waals surface area contributed by atoms with E-state index >= 15 is 0 Å². The molecule has 0 radical (unpaired) electrons. The Morgan fingerprint density at radius 2 is 2.10 bits per heavy atom. The highest BCUT2D eigenvalue weighted by molar-refractivity contribution is 5.92. The molecule has 0 bridgehead atoms. The lowest BCUT2D eigenvalue weighted by Gasteiger charge is -2.17. The van der Waals surface area contributed by atoms with Crippen molar-refractivity contribution in [1.29, 1.82) is 0 Å². The second-order valence-corrected chi connectivity index (χ2v) is 4.88. The van der Waals surface area contributed by atoms with Crippen LogP contribution in [0.1, 0.15) is 18.1 Å². The number of carbonyl (C=O) groups excluding carboxylic acids is 1. The number of methoxy groups -OCH3 is 1. The average molecular weight is 293 g/mol. The molecule has 1 rings (SSSR count). The van der Waals surface area contributed by atoms with Crippen LogP contribution in [0, 0.1) is 6.92 Å². The number of carboxylic acid groups (broad SMARTS) is 1. The Hall–Kier alpha value is -2.34. The van der Waals surface area contributed by atoms with E-state index in [1.54, 1.807) is 12.1 Å². The Morgan fingerprint density at radius 1 is 1.43 bits per heavy atom. The predicted octanol–water partition coefficient (Wildman–Crippen LogP) is 0.969. The van der Waals surface area contributed by atoms with Gasteiger partial charge in [0.2, 0.25) is 5.91 Å². The number of ether oxygens (including phenoxy) is 1. The molecule has 0 aromatic heterocycles. The summed E-state index contributed by atoms with van der Waals surface area (Å²) < 4.78 is 5.18. The van der Waals surface area contributed by atoms with Gasteiger partial charge in [-0.05, 0) is 32.1 Å². The molecule has 1 atom stereocenters. The highest BCUT2D eigenvalue weighted by atomic mass is 16.5. The minimum Gasteiger partial charge on any atom is -0.496 e. The highest BCUT2D eigenvalue weighted by Gasteiger charge is 2.29. The summed E-state index contributed by atoms with van der Waals surface area (Å²) in [4.78, 5) is 22.3. The average Bonchev–Trinajstić information content (AvgIpc) is 2.43. The number of carbonyl (C=O) groups is 2. The fraction of sp³-hybridized carbons (Fsp3) is 0.333. The zero-order valence-corrected chi connectivity index (χ0v) is 12.2. The van der Waals surface area contributed by atoms with Gasteiger partial charge in [-0.15, -0.1) is 0 Å². The molecular formula is C15H19NO5. The molecular weight excluding hydrogens is 274 g/mol. The summed E-state index contributed by atoms with van der Waals surface area (Å²) in [6, 6.07) is 5.54. The molecule has 1 amide bonds. The third-order valence-corrected chi connectivity index (χ3v) is 2.87. The maximum absolute atomic E-state index is 11.6. The quantitative estimate of drug-likeness (QED) is 0.679. The normalized spacial score (nSPS) is 13.7. The Labute approximate surface area is 123 Å². The molecule has 0 fully saturated rings. The van der Waals surface area contributed by atoms with Crippen LogP contribution in [0.3, 0.4) is 0 Å². The topological polar surface area (TPSA) is 95.9 Å². The summed E-state index contributed by atoms with van der Waals surface area (Å²) in [5, 5.41) is 20.5. The molecule has 6 nitrogen and oxygen atoms in total. The van der Waals surface area contributed by atoms with E-state index in [9.17, 15) is 14.7 Å². The molecule has 0 heterocycles. The highest BCUT2D eigenvalue weighted by Crippen LogP contribution is 2.20. The first-order chi connectivity index (χ1) is 9.76. The van der Waals surface area contributed by atoms with E-state index in [4.69, 9.17) is 9.84 Å². The zero-order chi connectivity index (χ0) is 16.0. The first kappa shape index (κ1) is 16.7. The van der Waals surface area contributed by atoms with Crippen molar-refractivity contribution in [2.45, 2.75) is 19.4 Å². The van der Waals surface area contributed by atoms with Gasteiger partial charge in [0.15, 0.2) is 5.60 Å². The van der Waals surface area contributed by atoms with E-state index in [1.165, 1.54) is 13.2 Å². The van der Waals surface area contributed by atoms with Crippen LogP contribution in [0.15, 0.2) is 24.3 Å². The maximum atomic E-state index is 11.6. The zero-order valence-electron chi connectivity index (χ0n) is 12.2. The first-order valence-corrected chi connectivity index (χ1v) is 6.32. The summed E-state index contributed by atoms with van der Waals surface area (Å²) in [6.45, 7) is 2.65. The van der Waals surface area contributed by atoms with Gasteiger partial charge in [0.05, 0.1) is 13.7 Å². The van der Waals surface area contributed by atoms with Gasteiger partial charge >= 0.3 is 5.97 Å². The lowest BCUT2D eigenvalue weighted by molar-refractivity contribution is -0.156. The summed E-state index contributed by atoms with van der Waals surface area (Å²) in [7, 11) is 1.53. The number of aliphatic hydroxyl groups is 1. The molecule has 0 aliphatic rings. The molecule has 114 valence electrons. The second kappa shape index (κ2) is 6.90. The van der Waals surface area contributed by atoms with Crippen LogP contribution < -0.4 is 10.1 Å². The fourth-order valence-corrected chi connectivity index (χ4v) is 1.54. The number of nitrogens with one attached hydrogen (secondary N) is 1. The van der Waals surface area contributed by atoms with Crippen molar-refractivity contribution >= 4 is 18.0 Å². The van der Waals surface area contributed by atoms with Crippen molar-refractivity contribution in [3.05, 3.63) is 35.4 Å². The van der Waals surface area contributed by atoms with E-state index in [-0.39, 0.29) is 6.54 Å². The molecule has 0 spiro atoms. The minimum absolute atomic E-state index is 0.379. The summed E-state index contributed by atoms with van der Waals surface area (Å²) in [6.07, 6.45) is 2.83. The van der Waals surface area contributed by atoms with Gasteiger partial charge in [-0.25, -0.2) is 4.79 Å². The maximum Gasteiger partial charge on any atom is 0.337 e. The van der Waals surface area contributed by atoms with Crippen molar-refractivity contribution in [3.8, 4) is 5.75 Å². The van der Waals surface area contributed by atoms with Crippen LogP contribution >= 0.6 is 0 Å². The van der Waals surface area contributed by atoms with Crippen LogP contribution in [0.5, 0.6) is 5.75 Å². The summed E-state index contributed by atoms with van der Waals surface area (Å²) in [5.41, 5.74) is -0.243. The third kappa shape index (κ3) is 4.92. The van der Waals surface area contributed by atoms with E-state index in [0.29, 0.717) is 5.75 Å². The van der Waals surface area contributed by atoms with Crippen molar-refractivity contribution in [3.63, 3.8) is 0 Å². The number of amides is 1. The van der Waals surface area contributed by atoms with Gasteiger partial charge in [-0.3, -0.25) is 4.79 Å². The van der Waals surface area contributed by atoms with Crippen molar-refractivity contribution in [2.24, 2.45) is 0 Å². The van der Waals surface area contributed by atoms with Gasteiger partial charge in [0.25, 0.3) is 0 Å². The summed E-state index contributed by atoms with van der Waals surface area (Å²) in [5.74, 6) is -1.27. The second-order valence-electron chi connectivity index (χ2n) is 4.88. The van der Waals surface area contributed by atoms with Crippen LogP contribution in [-0.4, -0.2) is 41.3 Å². The van der Waals surface area contributed by atoms with Crippen molar-refractivity contribution in [1.82, 2.24) is 5.32 Å². The van der Waals surface area contributed by atoms with Crippen LogP contribution in [0.2, 0.25) is 0 Å². The van der Waals surface area contributed by atoms with Crippen LogP contribution in [0.4, 0.5) is 0 Å². The largest absolute Gasteiger partial charge is 0.496 e. The minimum atomic E-state index is -2.00. The molecule has 21 heavy (non-hydrogen) atoms. The SMILES string of the molecule is COc1ccc(C)cc1C=CC(=O)NCC(C)(O)C(=O)O. The molecule has 1 aromatic carbocycles. The molecule has 1 unspecified atom stereocenters. The van der Waals surface area contributed by atoms with Gasteiger partial charge in [-0.1, -0.05) is 11.6 Å². The molecule has 3 N–H and O–H groups in total. The van der Waals surface area contributed by atoms with E-state index < -0.39 is 17.5 Å². The lowest BCUT2D eigenvalue weighted by Crippen LogP contribution is -2.46. The number of aliphatic carboxylic acids is 1. The van der Waals surface area contributed by atoms with E-state index in [2.05, 4.69) is 5.32 Å². The Morgan fingerprint density at radius 3 is 2.67 bits per heavy atom. The van der Waals surface area contributed by atoms with Crippen LogP contribution in [-0.2, 0) is 9.59 Å². The van der Waals surface area contributed by atoms with Gasteiger partial charge in [0.1, 0.15) is 5.75 Å². The smallest absolute Gasteiger partial charge is 0.337 e. The summed E-state index contributed by atoms with van der Waals surface area (Å²) >= 11 is 0. The Kier molecular flexibility index (Phi) is 5.49. The molecule has 6 heteroatoms. The number of carboxylic acids is 1. The number of benzene rings is 1. The van der Waals surface area contributed by atoms with Crippen LogP contribution in [0.25, 0.3) is 6.08 Å². The lowest BCUT2D eigenvalue weighted by atomic mass is 10.1. The third-order valence-electron chi connectivity index (χ3n) is 2.87. The number of hydrogen-bond acceptors (Lipinski definition) is 4. The molecule has 0 saturated heterocycles.